The minimum atomic E-state index is -1.14. The highest BCUT2D eigenvalue weighted by atomic mass is 16.4. The Hall–Kier alpha value is -2.17. The first kappa shape index (κ1) is 14.2. The van der Waals surface area contributed by atoms with E-state index in [1.807, 2.05) is 6.07 Å². The molecule has 1 atom stereocenters. The fourth-order valence-corrected chi connectivity index (χ4v) is 2.41. The van der Waals surface area contributed by atoms with Crippen molar-refractivity contribution < 1.29 is 19.5 Å². The SMILES string of the molecule is O=C(O)[C@H](Cc1ccccc1)N1C(=O)CCCCC1=O. The molecule has 1 fully saturated rings. The zero-order valence-corrected chi connectivity index (χ0v) is 11.1. The summed E-state index contributed by atoms with van der Waals surface area (Å²) in [5.41, 5.74) is 0.796. The lowest BCUT2D eigenvalue weighted by atomic mass is 10.0. The van der Waals surface area contributed by atoms with E-state index in [0.717, 1.165) is 10.5 Å². The van der Waals surface area contributed by atoms with E-state index >= 15 is 0 Å². The van der Waals surface area contributed by atoms with Gasteiger partial charge in [0.1, 0.15) is 6.04 Å². The van der Waals surface area contributed by atoms with Gasteiger partial charge in [-0.05, 0) is 18.4 Å². The Morgan fingerprint density at radius 1 is 1.10 bits per heavy atom. The number of amides is 2. The van der Waals surface area contributed by atoms with Crippen molar-refractivity contribution >= 4 is 17.8 Å². The summed E-state index contributed by atoms with van der Waals surface area (Å²) in [4.78, 5) is 36.4. The molecular formula is C15H17NO4. The van der Waals surface area contributed by atoms with Gasteiger partial charge in [-0.1, -0.05) is 30.3 Å². The second kappa shape index (κ2) is 6.32. The van der Waals surface area contributed by atoms with Crippen LogP contribution in [0.2, 0.25) is 0 Å². The summed E-state index contributed by atoms with van der Waals surface area (Å²) in [5.74, 6) is -1.90. The van der Waals surface area contributed by atoms with E-state index < -0.39 is 12.0 Å². The molecule has 0 bridgehead atoms. The van der Waals surface area contributed by atoms with Crippen LogP contribution < -0.4 is 0 Å². The van der Waals surface area contributed by atoms with Crippen LogP contribution in [0.1, 0.15) is 31.2 Å². The molecule has 2 rings (SSSR count). The van der Waals surface area contributed by atoms with E-state index in [1.165, 1.54) is 0 Å². The van der Waals surface area contributed by atoms with Crippen LogP contribution >= 0.6 is 0 Å². The minimum Gasteiger partial charge on any atom is -0.480 e. The molecule has 1 saturated heterocycles. The maximum atomic E-state index is 12.0. The number of carboxylic acids is 1. The molecule has 0 aromatic heterocycles. The molecule has 1 aliphatic heterocycles. The third-order valence-corrected chi connectivity index (χ3v) is 3.44. The Labute approximate surface area is 117 Å². The molecule has 5 heteroatoms. The monoisotopic (exact) mass is 275 g/mol. The Kier molecular flexibility index (Phi) is 4.50. The number of carboxylic acid groups (broad SMARTS) is 1. The first-order valence-electron chi connectivity index (χ1n) is 6.71. The van der Waals surface area contributed by atoms with Gasteiger partial charge in [-0.2, -0.15) is 0 Å². The van der Waals surface area contributed by atoms with Gasteiger partial charge in [-0.25, -0.2) is 4.79 Å². The number of likely N-dealkylation sites (tertiary alicyclic amines) is 1. The third kappa shape index (κ3) is 3.23. The second-order valence-corrected chi connectivity index (χ2v) is 4.91. The molecule has 1 aromatic rings. The van der Waals surface area contributed by atoms with Crippen molar-refractivity contribution in [3.05, 3.63) is 35.9 Å². The molecule has 1 aromatic carbocycles. The first-order valence-corrected chi connectivity index (χ1v) is 6.71. The Bertz CT molecular complexity index is 494. The normalized spacial score (nSPS) is 17.7. The maximum Gasteiger partial charge on any atom is 0.327 e. The van der Waals surface area contributed by atoms with Crippen LogP contribution in [0.4, 0.5) is 0 Å². The van der Waals surface area contributed by atoms with Crippen LogP contribution in [0.15, 0.2) is 30.3 Å². The fourth-order valence-electron chi connectivity index (χ4n) is 2.41. The van der Waals surface area contributed by atoms with Crippen molar-refractivity contribution in [2.24, 2.45) is 0 Å². The van der Waals surface area contributed by atoms with Gasteiger partial charge in [0.2, 0.25) is 11.8 Å². The van der Waals surface area contributed by atoms with Gasteiger partial charge in [-0.15, -0.1) is 0 Å². The van der Waals surface area contributed by atoms with E-state index in [0.29, 0.717) is 12.8 Å². The third-order valence-electron chi connectivity index (χ3n) is 3.44. The van der Waals surface area contributed by atoms with Crippen molar-refractivity contribution in [3.8, 4) is 0 Å². The average molecular weight is 275 g/mol. The standard InChI is InChI=1S/C15H17NO4/c17-13-8-4-5-9-14(18)16(13)12(15(19)20)10-11-6-2-1-3-7-11/h1-3,6-7,12H,4-5,8-10H2,(H,19,20)/t12-/m0/s1. The summed E-state index contributed by atoms with van der Waals surface area (Å²) in [6.45, 7) is 0. The number of imide groups is 1. The van der Waals surface area contributed by atoms with Crippen LogP contribution in [0.3, 0.4) is 0 Å². The molecule has 0 spiro atoms. The zero-order valence-electron chi connectivity index (χ0n) is 11.1. The molecule has 5 nitrogen and oxygen atoms in total. The molecule has 1 N–H and O–H groups in total. The van der Waals surface area contributed by atoms with Gasteiger partial charge in [0.05, 0.1) is 0 Å². The molecule has 1 aliphatic rings. The van der Waals surface area contributed by atoms with E-state index in [2.05, 4.69) is 0 Å². The number of hydrogen-bond acceptors (Lipinski definition) is 3. The van der Waals surface area contributed by atoms with Gasteiger partial charge in [-0.3, -0.25) is 14.5 Å². The summed E-state index contributed by atoms with van der Waals surface area (Å²) >= 11 is 0. The Morgan fingerprint density at radius 2 is 1.65 bits per heavy atom. The lowest BCUT2D eigenvalue weighted by Gasteiger charge is -2.26. The summed E-state index contributed by atoms with van der Waals surface area (Å²) < 4.78 is 0. The second-order valence-electron chi connectivity index (χ2n) is 4.91. The Balaban J connectivity index is 2.24. The van der Waals surface area contributed by atoms with Gasteiger partial charge >= 0.3 is 5.97 Å². The summed E-state index contributed by atoms with van der Waals surface area (Å²) in [6.07, 6.45) is 1.90. The largest absolute Gasteiger partial charge is 0.480 e. The highest BCUT2D eigenvalue weighted by molar-refractivity contribution is 5.99. The smallest absolute Gasteiger partial charge is 0.327 e. The van der Waals surface area contributed by atoms with Gasteiger partial charge in [0.15, 0.2) is 0 Å². The van der Waals surface area contributed by atoms with E-state index in [9.17, 15) is 19.5 Å². The first-order chi connectivity index (χ1) is 9.59. The van der Waals surface area contributed by atoms with Crippen LogP contribution in [-0.4, -0.2) is 33.8 Å². The lowest BCUT2D eigenvalue weighted by Crippen LogP contribution is -2.49. The van der Waals surface area contributed by atoms with Crippen molar-refractivity contribution in [1.29, 1.82) is 0 Å². The van der Waals surface area contributed by atoms with E-state index in [4.69, 9.17) is 0 Å². The van der Waals surface area contributed by atoms with Crippen molar-refractivity contribution in [3.63, 3.8) is 0 Å². The molecular weight excluding hydrogens is 258 g/mol. The highest BCUT2D eigenvalue weighted by Gasteiger charge is 2.35. The van der Waals surface area contributed by atoms with Gasteiger partial charge in [0, 0.05) is 19.3 Å². The number of nitrogens with zero attached hydrogens (tertiary/aromatic N) is 1. The molecule has 0 aliphatic carbocycles. The van der Waals surface area contributed by atoms with Crippen molar-refractivity contribution in [2.45, 2.75) is 38.1 Å². The van der Waals surface area contributed by atoms with E-state index in [-0.39, 0.29) is 31.1 Å². The minimum absolute atomic E-state index is 0.146. The molecule has 20 heavy (non-hydrogen) atoms. The Morgan fingerprint density at radius 3 is 2.15 bits per heavy atom. The van der Waals surface area contributed by atoms with Crippen LogP contribution in [-0.2, 0) is 20.8 Å². The number of carbonyl (C=O) groups excluding carboxylic acids is 2. The number of benzene rings is 1. The van der Waals surface area contributed by atoms with Crippen LogP contribution in [0.25, 0.3) is 0 Å². The lowest BCUT2D eigenvalue weighted by molar-refractivity contribution is -0.157. The predicted octanol–water partition coefficient (Wildman–Crippen LogP) is 1.61. The molecule has 106 valence electrons. The predicted molar refractivity (Wildman–Crippen MR) is 71.9 cm³/mol. The molecule has 1 heterocycles. The van der Waals surface area contributed by atoms with Crippen molar-refractivity contribution in [1.82, 2.24) is 4.90 Å². The van der Waals surface area contributed by atoms with Crippen LogP contribution in [0.5, 0.6) is 0 Å². The highest BCUT2D eigenvalue weighted by Crippen LogP contribution is 2.18. The number of aliphatic carboxylic acids is 1. The summed E-state index contributed by atoms with van der Waals surface area (Å²) in [7, 11) is 0. The summed E-state index contributed by atoms with van der Waals surface area (Å²) in [6, 6.07) is 7.92. The number of hydrogen-bond donors (Lipinski definition) is 1. The van der Waals surface area contributed by atoms with Crippen LogP contribution in [0, 0.1) is 0 Å². The van der Waals surface area contributed by atoms with Gasteiger partial charge < -0.3 is 5.11 Å². The summed E-state index contributed by atoms with van der Waals surface area (Å²) in [5, 5.41) is 9.37. The number of carbonyl (C=O) groups is 3. The molecule has 2 amide bonds. The van der Waals surface area contributed by atoms with Gasteiger partial charge in [0.25, 0.3) is 0 Å². The van der Waals surface area contributed by atoms with E-state index in [1.54, 1.807) is 24.3 Å². The quantitative estimate of drug-likeness (QED) is 0.847. The fraction of sp³-hybridized carbons (Fsp3) is 0.400. The zero-order chi connectivity index (χ0) is 14.5. The molecule has 0 saturated carbocycles. The average Bonchev–Trinajstić information content (AvgIpc) is 2.59. The number of rotatable bonds is 4. The molecule has 0 radical (unpaired) electrons. The topological polar surface area (TPSA) is 74.7 Å². The van der Waals surface area contributed by atoms with Crippen molar-refractivity contribution in [2.75, 3.05) is 0 Å². The molecule has 0 unspecified atom stereocenters. The maximum absolute atomic E-state index is 12.0.